The molecule has 18 heavy (non-hydrogen) atoms. The van der Waals surface area contributed by atoms with Crippen LogP contribution in [0.2, 0.25) is 0 Å². The summed E-state index contributed by atoms with van der Waals surface area (Å²) in [5.74, 6) is -2.13. The number of hydrogen-bond acceptors (Lipinski definition) is 2. The highest BCUT2D eigenvalue weighted by Gasteiger charge is 2.18. The van der Waals surface area contributed by atoms with Crippen LogP contribution in [0, 0.1) is 11.6 Å². The lowest BCUT2D eigenvalue weighted by atomic mass is 10.2. The van der Waals surface area contributed by atoms with Crippen LogP contribution in [-0.2, 0) is 10.6 Å². The normalized spacial score (nSPS) is 11.2. The van der Waals surface area contributed by atoms with Crippen LogP contribution in [0.1, 0.15) is 26.3 Å². The molecule has 0 saturated heterocycles. The first-order chi connectivity index (χ1) is 8.23. The molecule has 3 nitrogen and oxygen atoms in total. The van der Waals surface area contributed by atoms with Crippen LogP contribution in [-0.4, -0.2) is 11.7 Å². The zero-order chi connectivity index (χ0) is 13.9. The van der Waals surface area contributed by atoms with Gasteiger partial charge in [-0.25, -0.2) is 13.6 Å². The summed E-state index contributed by atoms with van der Waals surface area (Å²) in [6.07, 6.45) is -0.750. The molecule has 0 bridgehead atoms. The van der Waals surface area contributed by atoms with Crippen molar-refractivity contribution in [3.8, 4) is 0 Å². The highest BCUT2D eigenvalue weighted by molar-refractivity contribution is 6.17. The van der Waals surface area contributed by atoms with Crippen molar-refractivity contribution >= 4 is 23.4 Å². The van der Waals surface area contributed by atoms with Crippen LogP contribution in [0.4, 0.5) is 19.3 Å². The third-order valence-electron chi connectivity index (χ3n) is 1.93. The fraction of sp³-hybridized carbons (Fsp3) is 0.417. The summed E-state index contributed by atoms with van der Waals surface area (Å²) in [4.78, 5) is 11.5. The molecule has 0 fully saturated rings. The topological polar surface area (TPSA) is 38.3 Å². The summed E-state index contributed by atoms with van der Waals surface area (Å²) in [6.45, 7) is 5.08. The number of amides is 1. The first kappa shape index (κ1) is 14.7. The van der Waals surface area contributed by atoms with E-state index in [2.05, 4.69) is 5.32 Å². The minimum Gasteiger partial charge on any atom is -0.444 e. The van der Waals surface area contributed by atoms with Gasteiger partial charge in [-0.05, 0) is 32.4 Å². The largest absolute Gasteiger partial charge is 0.444 e. The molecule has 0 atom stereocenters. The van der Waals surface area contributed by atoms with Gasteiger partial charge in [0.25, 0.3) is 0 Å². The number of anilines is 1. The molecule has 1 N–H and O–H groups in total. The monoisotopic (exact) mass is 277 g/mol. The van der Waals surface area contributed by atoms with E-state index in [1.54, 1.807) is 20.8 Å². The molecule has 0 radical (unpaired) electrons. The lowest BCUT2D eigenvalue weighted by Gasteiger charge is -2.20. The van der Waals surface area contributed by atoms with E-state index in [-0.39, 0.29) is 17.1 Å². The first-order valence-corrected chi connectivity index (χ1v) is 5.80. The molecule has 0 spiro atoms. The van der Waals surface area contributed by atoms with E-state index in [1.165, 1.54) is 0 Å². The molecule has 0 aliphatic rings. The zero-order valence-electron chi connectivity index (χ0n) is 10.3. The van der Waals surface area contributed by atoms with Crippen LogP contribution in [0.3, 0.4) is 0 Å². The molecule has 0 aromatic heterocycles. The van der Waals surface area contributed by atoms with Gasteiger partial charge >= 0.3 is 6.09 Å². The van der Waals surface area contributed by atoms with Gasteiger partial charge in [0, 0.05) is 11.9 Å². The Morgan fingerprint density at radius 3 is 2.39 bits per heavy atom. The highest BCUT2D eigenvalue weighted by atomic mass is 35.5. The van der Waals surface area contributed by atoms with Crippen molar-refractivity contribution in [3.63, 3.8) is 0 Å². The maximum atomic E-state index is 13.1. The highest BCUT2D eigenvalue weighted by Crippen LogP contribution is 2.22. The van der Waals surface area contributed by atoms with Crippen molar-refractivity contribution in [2.75, 3.05) is 5.32 Å². The number of carbonyl (C=O) groups excluding carboxylic acids is 1. The van der Waals surface area contributed by atoms with Gasteiger partial charge in [-0.3, -0.25) is 5.32 Å². The van der Waals surface area contributed by atoms with Gasteiger partial charge in [-0.15, -0.1) is 11.6 Å². The second-order valence-electron chi connectivity index (χ2n) is 4.68. The number of carbonyl (C=O) groups is 1. The molecular formula is C12H14ClF2NO2. The quantitative estimate of drug-likeness (QED) is 0.828. The molecular weight excluding hydrogens is 264 g/mol. The van der Waals surface area contributed by atoms with Gasteiger partial charge in [0.15, 0.2) is 11.6 Å². The van der Waals surface area contributed by atoms with Crippen molar-refractivity contribution in [2.24, 2.45) is 0 Å². The smallest absolute Gasteiger partial charge is 0.412 e. The van der Waals surface area contributed by atoms with E-state index in [4.69, 9.17) is 16.3 Å². The Morgan fingerprint density at radius 2 is 1.89 bits per heavy atom. The number of benzene rings is 1. The van der Waals surface area contributed by atoms with Crippen LogP contribution in [0.5, 0.6) is 0 Å². The zero-order valence-corrected chi connectivity index (χ0v) is 11.1. The van der Waals surface area contributed by atoms with Crippen LogP contribution >= 0.6 is 11.6 Å². The average molecular weight is 278 g/mol. The maximum absolute atomic E-state index is 13.1. The Bertz CT molecular complexity index is 458. The third kappa shape index (κ3) is 4.14. The van der Waals surface area contributed by atoms with E-state index in [0.29, 0.717) is 0 Å². The lowest BCUT2D eigenvalue weighted by molar-refractivity contribution is 0.0636. The molecule has 6 heteroatoms. The Balaban J connectivity index is 2.90. The second kappa shape index (κ2) is 5.52. The van der Waals surface area contributed by atoms with Gasteiger partial charge in [0.2, 0.25) is 0 Å². The molecule has 0 heterocycles. The molecule has 1 amide bonds. The summed E-state index contributed by atoms with van der Waals surface area (Å²) in [6, 6.07) is 1.81. The van der Waals surface area contributed by atoms with Crippen LogP contribution in [0.25, 0.3) is 0 Å². The van der Waals surface area contributed by atoms with E-state index < -0.39 is 23.3 Å². The van der Waals surface area contributed by atoms with Gasteiger partial charge in [0.1, 0.15) is 5.60 Å². The summed E-state index contributed by atoms with van der Waals surface area (Å²) < 4.78 is 31.1. The van der Waals surface area contributed by atoms with E-state index in [0.717, 1.165) is 12.1 Å². The standard InChI is InChI=1S/C12H14ClF2NO2/c1-12(2,3)18-11(17)16-10-5-9(15)8(14)4-7(10)6-13/h4-5H,6H2,1-3H3,(H,16,17). The molecule has 0 unspecified atom stereocenters. The van der Waals surface area contributed by atoms with Gasteiger partial charge in [0.05, 0.1) is 5.69 Å². The van der Waals surface area contributed by atoms with Crippen LogP contribution in [0.15, 0.2) is 12.1 Å². The predicted molar refractivity (Wildman–Crippen MR) is 65.8 cm³/mol. The van der Waals surface area contributed by atoms with Gasteiger partial charge in [-0.2, -0.15) is 0 Å². The number of ether oxygens (including phenoxy) is 1. The van der Waals surface area contributed by atoms with Crippen LogP contribution < -0.4 is 5.32 Å². The van der Waals surface area contributed by atoms with E-state index in [9.17, 15) is 13.6 Å². The lowest BCUT2D eigenvalue weighted by Crippen LogP contribution is -2.27. The number of alkyl halides is 1. The molecule has 1 aromatic rings. The Labute approximate surface area is 109 Å². The number of halogens is 3. The number of rotatable bonds is 2. The summed E-state index contributed by atoms with van der Waals surface area (Å²) in [5, 5.41) is 2.33. The van der Waals surface area contributed by atoms with Crippen molar-refractivity contribution in [2.45, 2.75) is 32.3 Å². The molecule has 0 aliphatic carbocycles. The predicted octanol–water partition coefficient (Wildman–Crippen LogP) is 4.05. The summed E-state index contributed by atoms with van der Waals surface area (Å²) >= 11 is 5.59. The van der Waals surface area contributed by atoms with Crippen molar-refractivity contribution in [1.29, 1.82) is 0 Å². The number of nitrogens with one attached hydrogen (secondary N) is 1. The second-order valence-corrected chi connectivity index (χ2v) is 4.95. The minimum atomic E-state index is -1.06. The Kier molecular flexibility index (Phi) is 4.51. The summed E-state index contributed by atoms with van der Waals surface area (Å²) in [5.41, 5.74) is -0.302. The van der Waals surface area contributed by atoms with Crippen molar-refractivity contribution in [1.82, 2.24) is 0 Å². The van der Waals surface area contributed by atoms with Crippen molar-refractivity contribution in [3.05, 3.63) is 29.3 Å². The molecule has 100 valence electrons. The fourth-order valence-electron chi connectivity index (χ4n) is 1.23. The molecule has 0 saturated carbocycles. The van der Waals surface area contributed by atoms with Gasteiger partial charge < -0.3 is 4.74 Å². The fourth-order valence-corrected chi connectivity index (χ4v) is 1.45. The molecule has 0 aliphatic heterocycles. The van der Waals surface area contributed by atoms with E-state index >= 15 is 0 Å². The Morgan fingerprint density at radius 1 is 1.33 bits per heavy atom. The SMILES string of the molecule is CC(C)(C)OC(=O)Nc1cc(F)c(F)cc1CCl. The molecule has 1 aromatic carbocycles. The third-order valence-corrected chi connectivity index (χ3v) is 2.21. The van der Waals surface area contributed by atoms with E-state index in [1.807, 2.05) is 0 Å². The first-order valence-electron chi connectivity index (χ1n) is 5.27. The number of hydrogen-bond donors (Lipinski definition) is 1. The summed E-state index contributed by atoms with van der Waals surface area (Å²) in [7, 11) is 0. The maximum Gasteiger partial charge on any atom is 0.412 e. The molecule has 1 rings (SSSR count). The van der Waals surface area contributed by atoms with Gasteiger partial charge in [-0.1, -0.05) is 0 Å². The average Bonchev–Trinajstić information content (AvgIpc) is 2.20. The Hall–Kier alpha value is -1.36. The van der Waals surface area contributed by atoms with Crippen molar-refractivity contribution < 1.29 is 18.3 Å². The minimum absolute atomic E-state index is 0.0532.